The van der Waals surface area contributed by atoms with E-state index in [9.17, 15) is 14.3 Å². The maximum Gasteiger partial charge on any atom is 0.236 e. The summed E-state index contributed by atoms with van der Waals surface area (Å²) in [5, 5.41) is 13.9. The summed E-state index contributed by atoms with van der Waals surface area (Å²) in [6.45, 7) is 1.24. The maximum absolute atomic E-state index is 14.9. The highest BCUT2D eigenvalue weighted by atomic mass is 35.5. The third-order valence-corrected chi connectivity index (χ3v) is 8.14. The Bertz CT molecular complexity index is 1300. The molecular formula is C25H23ClFN3O4S. The van der Waals surface area contributed by atoms with Crippen molar-refractivity contribution in [2.45, 2.75) is 36.8 Å². The molecule has 10 heteroatoms. The molecule has 0 spiro atoms. The standard InChI is InChI=1S/C25H23ClFN3O4S/c26-15-2-3-17(18(27)10-15)22(30-8-5-16(31)12-30)21-11-28-24(35-21)29-23(32)25(6-7-25)14-1-4-19-20(9-14)34-13-33-19/h1-4,9-11,16,22,31H,5-8,12-13H2,(H,28,29,32). The van der Waals surface area contributed by atoms with Gasteiger partial charge in [0.25, 0.3) is 0 Å². The van der Waals surface area contributed by atoms with Crippen molar-refractivity contribution in [1.82, 2.24) is 9.88 Å². The summed E-state index contributed by atoms with van der Waals surface area (Å²) < 4.78 is 25.8. The van der Waals surface area contributed by atoms with Gasteiger partial charge >= 0.3 is 0 Å². The van der Waals surface area contributed by atoms with Crippen LogP contribution in [0.1, 0.15) is 41.3 Å². The molecule has 2 aromatic carbocycles. The molecule has 0 radical (unpaired) electrons. The van der Waals surface area contributed by atoms with E-state index >= 15 is 0 Å². The fourth-order valence-corrected chi connectivity index (χ4v) is 6.03. The van der Waals surface area contributed by atoms with Crippen LogP contribution >= 0.6 is 22.9 Å². The number of nitrogens with one attached hydrogen (secondary N) is 1. The number of hydrogen-bond acceptors (Lipinski definition) is 7. The maximum atomic E-state index is 14.9. The lowest BCUT2D eigenvalue weighted by atomic mass is 9.94. The van der Waals surface area contributed by atoms with E-state index in [1.54, 1.807) is 18.3 Å². The average molecular weight is 516 g/mol. The molecule has 6 rings (SSSR count). The number of rotatable bonds is 6. The highest BCUT2D eigenvalue weighted by Crippen LogP contribution is 2.51. The van der Waals surface area contributed by atoms with Crippen LogP contribution in [0.4, 0.5) is 9.52 Å². The minimum atomic E-state index is -0.617. The molecule has 2 fully saturated rings. The highest BCUT2D eigenvalue weighted by Gasteiger charge is 2.52. The van der Waals surface area contributed by atoms with Crippen molar-refractivity contribution in [3.63, 3.8) is 0 Å². The average Bonchev–Trinajstić information content (AvgIpc) is 3.12. The Morgan fingerprint density at radius 3 is 2.83 bits per heavy atom. The zero-order valence-electron chi connectivity index (χ0n) is 18.7. The molecule has 1 aliphatic carbocycles. The predicted molar refractivity (Wildman–Crippen MR) is 130 cm³/mol. The van der Waals surface area contributed by atoms with Crippen LogP contribution in [0.25, 0.3) is 0 Å². The van der Waals surface area contributed by atoms with E-state index in [1.807, 2.05) is 23.1 Å². The summed E-state index contributed by atoms with van der Waals surface area (Å²) in [5.74, 6) is 0.798. The topological polar surface area (TPSA) is 83.9 Å². The van der Waals surface area contributed by atoms with E-state index in [0.29, 0.717) is 46.7 Å². The van der Waals surface area contributed by atoms with Crippen LogP contribution in [-0.2, 0) is 10.2 Å². The fraction of sp³-hybridized carbons (Fsp3) is 0.360. The molecule has 2 N–H and O–H groups in total. The van der Waals surface area contributed by atoms with Gasteiger partial charge in [0.1, 0.15) is 5.82 Å². The number of benzene rings is 2. The highest BCUT2D eigenvalue weighted by molar-refractivity contribution is 7.15. The van der Waals surface area contributed by atoms with Crippen LogP contribution in [0.15, 0.2) is 42.6 Å². The van der Waals surface area contributed by atoms with E-state index < -0.39 is 23.4 Å². The Kier molecular flexibility index (Phi) is 5.68. The minimum absolute atomic E-state index is 0.122. The molecule has 3 aromatic rings. The van der Waals surface area contributed by atoms with E-state index in [4.69, 9.17) is 21.1 Å². The first-order valence-corrected chi connectivity index (χ1v) is 12.7. The number of anilines is 1. The van der Waals surface area contributed by atoms with Crippen LogP contribution in [-0.4, -0.2) is 46.9 Å². The van der Waals surface area contributed by atoms with Gasteiger partial charge in [-0.1, -0.05) is 35.1 Å². The number of ether oxygens (including phenoxy) is 2. The molecule has 2 unspecified atom stereocenters. The van der Waals surface area contributed by atoms with E-state index in [0.717, 1.165) is 23.3 Å². The minimum Gasteiger partial charge on any atom is -0.454 e. The summed E-state index contributed by atoms with van der Waals surface area (Å²) in [6.07, 6.45) is 3.30. The van der Waals surface area contributed by atoms with Crippen LogP contribution in [0.2, 0.25) is 5.02 Å². The third kappa shape index (κ3) is 4.16. The smallest absolute Gasteiger partial charge is 0.236 e. The molecule has 1 aromatic heterocycles. The number of nitrogens with zero attached hydrogens (tertiary/aromatic N) is 2. The zero-order valence-corrected chi connectivity index (χ0v) is 20.2. The molecule has 2 atom stereocenters. The summed E-state index contributed by atoms with van der Waals surface area (Å²) in [4.78, 5) is 20.6. The molecule has 1 saturated heterocycles. The Labute approximate surface area is 210 Å². The molecule has 3 heterocycles. The number of aliphatic hydroxyl groups excluding tert-OH is 1. The SMILES string of the molecule is O=C(Nc1ncc(C(c2ccc(Cl)cc2F)N2CCC(O)C2)s1)C1(c2ccc3c(c2)OCO3)CC1. The summed E-state index contributed by atoms with van der Waals surface area (Å²) in [6, 6.07) is 9.81. The number of β-amino-alcohol motifs (C(OH)–C–C–N with tert-alkyl or cyclic N) is 1. The van der Waals surface area contributed by atoms with Gasteiger partial charge in [-0.15, -0.1) is 0 Å². The molecule has 3 aliphatic rings. The Balaban J connectivity index is 1.25. The van der Waals surface area contributed by atoms with Gasteiger partial charge in [-0.3, -0.25) is 9.69 Å². The van der Waals surface area contributed by atoms with Crippen molar-refractivity contribution in [3.05, 3.63) is 69.4 Å². The van der Waals surface area contributed by atoms with E-state index in [2.05, 4.69) is 10.3 Å². The number of halogens is 2. The van der Waals surface area contributed by atoms with Gasteiger partial charge in [0, 0.05) is 34.7 Å². The number of hydrogen-bond donors (Lipinski definition) is 2. The van der Waals surface area contributed by atoms with Crippen LogP contribution in [0.3, 0.4) is 0 Å². The van der Waals surface area contributed by atoms with Crippen LogP contribution < -0.4 is 14.8 Å². The Morgan fingerprint density at radius 2 is 2.09 bits per heavy atom. The Hall–Kier alpha value is -2.72. The number of fused-ring (bicyclic) bond motifs is 1. The van der Waals surface area contributed by atoms with Gasteiger partial charge in [0.2, 0.25) is 12.7 Å². The summed E-state index contributed by atoms with van der Waals surface area (Å²) >= 11 is 7.29. The van der Waals surface area contributed by atoms with Gasteiger partial charge in [-0.2, -0.15) is 0 Å². The lowest BCUT2D eigenvalue weighted by Gasteiger charge is -2.27. The second kappa shape index (κ2) is 8.74. The van der Waals surface area contributed by atoms with Crippen molar-refractivity contribution >= 4 is 34.0 Å². The molecule has 7 nitrogen and oxygen atoms in total. The molecule has 182 valence electrons. The molecular weight excluding hydrogens is 493 g/mol. The van der Waals surface area contributed by atoms with Gasteiger partial charge in [-0.05, 0) is 49.1 Å². The number of amides is 1. The number of aliphatic hydroxyl groups is 1. The summed E-state index contributed by atoms with van der Waals surface area (Å²) in [5.41, 5.74) is 0.736. The lowest BCUT2D eigenvalue weighted by Crippen LogP contribution is -2.28. The zero-order chi connectivity index (χ0) is 24.2. The second-order valence-electron chi connectivity index (χ2n) is 9.18. The normalized spacial score (nSPS) is 21.2. The first-order chi connectivity index (χ1) is 16.9. The van der Waals surface area contributed by atoms with Gasteiger partial charge in [0.15, 0.2) is 16.6 Å². The number of aromatic nitrogens is 1. The second-order valence-corrected chi connectivity index (χ2v) is 10.7. The molecule has 35 heavy (non-hydrogen) atoms. The predicted octanol–water partition coefficient (Wildman–Crippen LogP) is 4.49. The fourth-order valence-electron chi connectivity index (χ4n) is 4.91. The summed E-state index contributed by atoms with van der Waals surface area (Å²) in [7, 11) is 0. The number of carbonyl (C=O) groups is 1. The molecule has 1 saturated carbocycles. The van der Waals surface area contributed by atoms with E-state index in [1.165, 1.54) is 17.4 Å². The third-order valence-electron chi connectivity index (χ3n) is 6.94. The van der Waals surface area contributed by atoms with Crippen molar-refractivity contribution in [1.29, 1.82) is 0 Å². The van der Waals surface area contributed by atoms with Crippen LogP contribution in [0, 0.1) is 5.82 Å². The Morgan fingerprint density at radius 1 is 1.26 bits per heavy atom. The quantitative estimate of drug-likeness (QED) is 0.503. The largest absolute Gasteiger partial charge is 0.454 e. The van der Waals surface area contributed by atoms with Crippen molar-refractivity contribution < 1.29 is 23.8 Å². The van der Waals surface area contributed by atoms with Crippen LogP contribution in [0.5, 0.6) is 11.5 Å². The number of thiazole rings is 1. The van der Waals surface area contributed by atoms with Gasteiger partial charge in [0.05, 0.1) is 17.6 Å². The van der Waals surface area contributed by atoms with E-state index in [-0.39, 0.29) is 12.7 Å². The van der Waals surface area contributed by atoms with Crippen molar-refractivity contribution in [2.75, 3.05) is 25.2 Å². The molecule has 0 bridgehead atoms. The lowest BCUT2D eigenvalue weighted by molar-refractivity contribution is -0.118. The van der Waals surface area contributed by atoms with Crippen molar-refractivity contribution in [2.24, 2.45) is 0 Å². The molecule has 1 amide bonds. The van der Waals surface area contributed by atoms with Gasteiger partial charge in [-0.25, -0.2) is 9.37 Å². The first-order valence-electron chi connectivity index (χ1n) is 11.5. The van der Waals surface area contributed by atoms with Crippen molar-refractivity contribution in [3.8, 4) is 11.5 Å². The number of carbonyl (C=O) groups excluding carboxylic acids is 1. The monoisotopic (exact) mass is 515 g/mol. The number of likely N-dealkylation sites (tertiary alicyclic amines) is 1. The van der Waals surface area contributed by atoms with Gasteiger partial charge < -0.3 is 19.9 Å². The molecule has 2 aliphatic heterocycles. The first kappa shape index (κ1) is 22.7.